The lowest BCUT2D eigenvalue weighted by Crippen LogP contribution is -2.25. The summed E-state index contributed by atoms with van der Waals surface area (Å²) in [5, 5.41) is 21.1. The molecule has 1 aliphatic rings. The maximum absolute atomic E-state index is 12.2. The van der Waals surface area contributed by atoms with Crippen LogP contribution in [0.3, 0.4) is 0 Å². The predicted molar refractivity (Wildman–Crippen MR) is 81.6 cm³/mol. The second kappa shape index (κ2) is 6.17. The number of nitrogens with one attached hydrogen (secondary N) is 1. The number of carbonyl (C=O) groups is 1. The van der Waals surface area contributed by atoms with Gasteiger partial charge in [0.25, 0.3) is 5.91 Å². The van der Waals surface area contributed by atoms with E-state index in [1.54, 1.807) is 18.2 Å². The molecule has 0 spiro atoms. The Hall–Kier alpha value is -2.37. The van der Waals surface area contributed by atoms with Gasteiger partial charge in [-0.15, -0.1) is 10.2 Å². The van der Waals surface area contributed by atoms with Gasteiger partial charge in [0.2, 0.25) is 0 Å². The number of phenolic OH excluding ortho intramolecular Hbond substituents is 1. The molecule has 2 heterocycles. The Bertz CT molecular complexity index is 693. The van der Waals surface area contributed by atoms with Crippen LogP contribution in [0.1, 0.15) is 46.8 Å². The van der Waals surface area contributed by atoms with Crippen LogP contribution < -0.4 is 5.32 Å². The quantitative estimate of drug-likeness (QED) is 0.908. The molecular weight excluding hydrogens is 280 g/mol. The number of hydrogen-bond acceptors (Lipinski definition) is 4. The highest BCUT2D eigenvalue weighted by atomic mass is 16.3. The first-order valence-electron chi connectivity index (χ1n) is 7.64. The van der Waals surface area contributed by atoms with Crippen LogP contribution in [0.2, 0.25) is 0 Å². The van der Waals surface area contributed by atoms with Crippen molar-refractivity contribution in [3.05, 3.63) is 41.0 Å². The fraction of sp³-hybridized carbons (Fsp3) is 0.438. The minimum Gasteiger partial charge on any atom is -0.507 e. The Labute approximate surface area is 129 Å². The molecule has 0 aliphatic carbocycles. The number of amides is 1. The van der Waals surface area contributed by atoms with Crippen LogP contribution in [0.25, 0.3) is 0 Å². The van der Waals surface area contributed by atoms with Gasteiger partial charge in [0.05, 0.1) is 12.1 Å². The summed E-state index contributed by atoms with van der Waals surface area (Å²) in [5.41, 5.74) is 1.19. The van der Waals surface area contributed by atoms with Crippen molar-refractivity contribution in [2.24, 2.45) is 0 Å². The van der Waals surface area contributed by atoms with Crippen LogP contribution in [0.5, 0.6) is 5.75 Å². The summed E-state index contributed by atoms with van der Waals surface area (Å²) in [6.45, 7) is 3.09. The number of fused-ring (bicyclic) bond motifs is 1. The molecule has 0 atom stereocenters. The average Bonchev–Trinajstić information content (AvgIpc) is 2.72. The highest BCUT2D eigenvalue weighted by Gasteiger charge is 2.16. The highest BCUT2D eigenvalue weighted by molar-refractivity contribution is 5.96. The molecule has 22 heavy (non-hydrogen) atoms. The fourth-order valence-electron chi connectivity index (χ4n) is 2.76. The van der Waals surface area contributed by atoms with Crippen LogP contribution in [-0.4, -0.2) is 25.8 Å². The van der Waals surface area contributed by atoms with Crippen molar-refractivity contribution < 1.29 is 9.90 Å². The number of phenols is 1. The predicted octanol–water partition coefficient (Wildman–Crippen LogP) is 1.95. The van der Waals surface area contributed by atoms with Crippen LogP contribution in [0.15, 0.2) is 18.2 Å². The minimum atomic E-state index is -0.302. The van der Waals surface area contributed by atoms with Crippen molar-refractivity contribution in [1.29, 1.82) is 0 Å². The maximum Gasteiger partial charge on any atom is 0.255 e. The highest BCUT2D eigenvalue weighted by Crippen LogP contribution is 2.18. The van der Waals surface area contributed by atoms with Crippen molar-refractivity contribution in [3.63, 3.8) is 0 Å². The van der Waals surface area contributed by atoms with E-state index in [9.17, 15) is 9.90 Å². The molecule has 2 aromatic rings. The normalized spacial score (nSPS) is 14.2. The van der Waals surface area contributed by atoms with Crippen LogP contribution in [-0.2, 0) is 19.5 Å². The van der Waals surface area contributed by atoms with Crippen molar-refractivity contribution in [2.45, 2.75) is 45.7 Å². The van der Waals surface area contributed by atoms with E-state index in [1.807, 2.05) is 6.92 Å². The van der Waals surface area contributed by atoms with Gasteiger partial charge in [-0.3, -0.25) is 4.79 Å². The third kappa shape index (κ3) is 2.95. The molecule has 0 radical (unpaired) electrons. The molecule has 0 bridgehead atoms. The second-order valence-corrected chi connectivity index (χ2v) is 5.70. The van der Waals surface area contributed by atoms with E-state index in [0.29, 0.717) is 6.54 Å². The summed E-state index contributed by atoms with van der Waals surface area (Å²) >= 11 is 0. The lowest BCUT2D eigenvalue weighted by atomic mass is 10.1. The number of aromatic hydroxyl groups is 1. The van der Waals surface area contributed by atoms with E-state index in [1.165, 1.54) is 6.42 Å². The van der Waals surface area contributed by atoms with Gasteiger partial charge in [-0.2, -0.15) is 0 Å². The second-order valence-electron chi connectivity index (χ2n) is 5.70. The van der Waals surface area contributed by atoms with Crippen molar-refractivity contribution in [1.82, 2.24) is 20.1 Å². The molecule has 116 valence electrons. The molecule has 0 saturated heterocycles. The summed E-state index contributed by atoms with van der Waals surface area (Å²) in [6.07, 6.45) is 4.40. The first-order chi connectivity index (χ1) is 10.6. The van der Waals surface area contributed by atoms with E-state index in [-0.39, 0.29) is 17.2 Å². The van der Waals surface area contributed by atoms with Gasteiger partial charge >= 0.3 is 0 Å². The third-order valence-corrected chi connectivity index (χ3v) is 3.99. The molecule has 1 aromatic carbocycles. The minimum absolute atomic E-state index is 0.00225. The SMILES string of the molecule is Cc1ccc(C(=O)NCc2nnc3n2CCCCC3)c(O)c1. The Kier molecular flexibility index (Phi) is 4.09. The zero-order chi connectivity index (χ0) is 15.5. The molecule has 0 fully saturated rings. The number of rotatable bonds is 3. The van der Waals surface area contributed by atoms with E-state index >= 15 is 0 Å². The van der Waals surface area contributed by atoms with Gasteiger partial charge in [-0.1, -0.05) is 12.5 Å². The Morgan fingerprint density at radius 3 is 3.00 bits per heavy atom. The number of nitrogens with zero attached hydrogens (tertiary/aromatic N) is 3. The van der Waals surface area contributed by atoms with Crippen molar-refractivity contribution in [2.75, 3.05) is 0 Å². The first kappa shape index (κ1) is 14.6. The van der Waals surface area contributed by atoms with Gasteiger partial charge in [0, 0.05) is 13.0 Å². The van der Waals surface area contributed by atoms with E-state index in [2.05, 4.69) is 20.1 Å². The smallest absolute Gasteiger partial charge is 0.255 e. The van der Waals surface area contributed by atoms with Gasteiger partial charge in [0.15, 0.2) is 5.82 Å². The average molecular weight is 300 g/mol. The summed E-state index contributed by atoms with van der Waals surface area (Å²) in [7, 11) is 0. The summed E-state index contributed by atoms with van der Waals surface area (Å²) in [6, 6.07) is 5.01. The summed E-state index contributed by atoms with van der Waals surface area (Å²) in [5.74, 6) is 1.47. The van der Waals surface area contributed by atoms with Crippen molar-refractivity contribution in [3.8, 4) is 5.75 Å². The van der Waals surface area contributed by atoms with Gasteiger partial charge in [-0.25, -0.2) is 0 Å². The molecule has 6 heteroatoms. The molecule has 2 N–H and O–H groups in total. The molecule has 1 amide bonds. The standard InChI is InChI=1S/C16H20N4O2/c1-11-6-7-12(13(21)9-11)16(22)17-10-15-19-18-14-5-3-2-4-8-20(14)15/h6-7,9,21H,2-5,8,10H2,1H3,(H,17,22). The van der Waals surface area contributed by atoms with E-state index in [0.717, 1.165) is 43.0 Å². The molecule has 3 rings (SSSR count). The van der Waals surface area contributed by atoms with Gasteiger partial charge in [-0.05, 0) is 37.5 Å². The zero-order valence-corrected chi connectivity index (χ0v) is 12.7. The van der Waals surface area contributed by atoms with E-state index in [4.69, 9.17) is 0 Å². The largest absolute Gasteiger partial charge is 0.507 e. The number of benzene rings is 1. The number of carbonyl (C=O) groups excluding carboxylic acids is 1. The molecule has 6 nitrogen and oxygen atoms in total. The lowest BCUT2D eigenvalue weighted by molar-refractivity contribution is 0.0946. The molecule has 0 unspecified atom stereocenters. The Morgan fingerprint density at radius 2 is 2.18 bits per heavy atom. The van der Waals surface area contributed by atoms with Crippen LogP contribution >= 0.6 is 0 Å². The fourth-order valence-corrected chi connectivity index (χ4v) is 2.76. The van der Waals surface area contributed by atoms with Gasteiger partial charge < -0.3 is 15.0 Å². The zero-order valence-electron chi connectivity index (χ0n) is 12.7. The first-order valence-corrected chi connectivity index (χ1v) is 7.64. The Balaban J connectivity index is 1.70. The van der Waals surface area contributed by atoms with Crippen molar-refractivity contribution >= 4 is 5.91 Å². The molecular formula is C16H20N4O2. The third-order valence-electron chi connectivity index (χ3n) is 3.99. The molecule has 1 aromatic heterocycles. The summed E-state index contributed by atoms with van der Waals surface area (Å²) in [4.78, 5) is 12.2. The Morgan fingerprint density at radius 1 is 1.32 bits per heavy atom. The maximum atomic E-state index is 12.2. The summed E-state index contributed by atoms with van der Waals surface area (Å²) < 4.78 is 2.10. The lowest BCUT2D eigenvalue weighted by Gasteiger charge is -2.09. The number of aromatic nitrogens is 3. The number of aryl methyl sites for hydroxylation is 2. The molecule has 0 saturated carbocycles. The van der Waals surface area contributed by atoms with E-state index < -0.39 is 0 Å². The monoisotopic (exact) mass is 300 g/mol. The van der Waals surface area contributed by atoms with Crippen LogP contribution in [0, 0.1) is 6.92 Å². The topological polar surface area (TPSA) is 80.0 Å². The van der Waals surface area contributed by atoms with Crippen LogP contribution in [0.4, 0.5) is 0 Å². The molecule has 1 aliphatic heterocycles. The van der Waals surface area contributed by atoms with Gasteiger partial charge in [0.1, 0.15) is 11.6 Å². The number of hydrogen-bond donors (Lipinski definition) is 2.